The predicted octanol–water partition coefficient (Wildman–Crippen LogP) is 5.37. The lowest BCUT2D eigenvalue weighted by Crippen LogP contribution is -2.42. The van der Waals surface area contributed by atoms with Crippen molar-refractivity contribution in [2.45, 2.75) is 70.9 Å². The molecule has 1 aliphatic heterocycles. The molecule has 4 rings (SSSR count). The molecule has 176 valence electrons. The van der Waals surface area contributed by atoms with Gasteiger partial charge in [-0.15, -0.1) is 0 Å². The van der Waals surface area contributed by atoms with Crippen molar-refractivity contribution in [2.24, 2.45) is 11.8 Å². The van der Waals surface area contributed by atoms with Gasteiger partial charge >= 0.3 is 12.3 Å². The molecule has 2 aromatic heterocycles. The summed E-state index contributed by atoms with van der Waals surface area (Å²) in [6.07, 6.45) is -2.33. The van der Waals surface area contributed by atoms with Crippen molar-refractivity contribution in [1.82, 2.24) is 19.5 Å². The summed E-state index contributed by atoms with van der Waals surface area (Å²) in [6, 6.07) is 1.93. The summed E-state index contributed by atoms with van der Waals surface area (Å²) >= 11 is 0. The highest BCUT2D eigenvalue weighted by Gasteiger charge is 2.42. The molecule has 1 saturated heterocycles. The number of carbonyl (C=O) groups excluding carboxylic acids is 1. The quantitative estimate of drug-likeness (QED) is 0.614. The Morgan fingerprint density at radius 1 is 1.16 bits per heavy atom. The number of nitrogens with zero attached hydrogens (tertiary/aromatic N) is 4. The summed E-state index contributed by atoms with van der Waals surface area (Å²) in [5.41, 5.74) is 4.51. The molecule has 2 aliphatic rings. The fourth-order valence-corrected chi connectivity index (χ4v) is 5.32. The molecule has 32 heavy (non-hydrogen) atoms. The third-order valence-electron chi connectivity index (χ3n) is 7.50. The van der Waals surface area contributed by atoms with Gasteiger partial charge in [-0.05, 0) is 57.4 Å². The topological polar surface area (TPSA) is 59.7 Å². The van der Waals surface area contributed by atoms with E-state index in [2.05, 4.69) is 6.92 Å². The SMILES string of the molecule is COC(=O)N1CCC(C)C(c2c(C)c(C)nc3cc(C4CCC(C(F)(F)F)CC4)nn23)C1. The maximum atomic E-state index is 13.1. The van der Waals surface area contributed by atoms with Gasteiger partial charge in [0.15, 0.2) is 5.65 Å². The minimum absolute atomic E-state index is 0.0131. The van der Waals surface area contributed by atoms with Crippen LogP contribution in [-0.2, 0) is 4.74 Å². The van der Waals surface area contributed by atoms with Crippen LogP contribution in [0.1, 0.15) is 73.5 Å². The third kappa shape index (κ3) is 4.18. The number of aromatic nitrogens is 3. The number of hydrogen-bond donors (Lipinski definition) is 0. The number of piperidine rings is 1. The Labute approximate surface area is 186 Å². The number of carbonyl (C=O) groups is 1. The normalized spacial score (nSPS) is 27.0. The number of rotatable bonds is 2. The summed E-state index contributed by atoms with van der Waals surface area (Å²) in [6.45, 7) is 7.37. The van der Waals surface area contributed by atoms with E-state index in [4.69, 9.17) is 14.8 Å². The lowest BCUT2D eigenvalue weighted by molar-refractivity contribution is -0.182. The minimum Gasteiger partial charge on any atom is -0.453 e. The Kier molecular flexibility index (Phi) is 6.11. The van der Waals surface area contributed by atoms with E-state index in [9.17, 15) is 18.0 Å². The van der Waals surface area contributed by atoms with Crippen molar-refractivity contribution >= 4 is 11.7 Å². The zero-order chi connectivity index (χ0) is 23.2. The van der Waals surface area contributed by atoms with E-state index in [1.165, 1.54) is 7.11 Å². The Hall–Kier alpha value is -2.32. The van der Waals surface area contributed by atoms with E-state index in [-0.39, 0.29) is 30.8 Å². The van der Waals surface area contributed by atoms with Crippen LogP contribution in [0.3, 0.4) is 0 Å². The molecule has 0 N–H and O–H groups in total. The first-order valence-electron chi connectivity index (χ1n) is 11.4. The average Bonchev–Trinajstić information content (AvgIpc) is 3.17. The largest absolute Gasteiger partial charge is 0.453 e. The second-order valence-electron chi connectivity index (χ2n) is 9.43. The first-order valence-corrected chi connectivity index (χ1v) is 11.4. The molecule has 9 heteroatoms. The third-order valence-corrected chi connectivity index (χ3v) is 7.50. The van der Waals surface area contributed by atoms with Gasteiger partial charge in [0.2, 0.25) is 0 Å². The smallest absolute Gasteiger partial charge is 0.409 e. The summed E-state index contributed by atoms with van der Waals surface area (Å²) in [5, 5.41) is 4.86. The number of fused-ring (bicyclic) bond motifs is 1. The summed E-state index contributed by atoms with van der Waals surface area (Å²) in [5.74, 6) is -0.782. The van der Waals surface area contributed by atoms with Crippen molar-refractivity contribution in [3.63, 3.8) is 0 Å². The molecule has 2 unspecified atom stereocenters. The zero-order valence-corrected chi connectivity index (χ0v) is 19.1. The average molecular weight is 453 g/mol. The Bertz CT molecular complexity index is 995. The highest BCUT2D eigenvalue weighted by molar-refractivity contribution is 5.67. The molecule has 1 aliphatic carbocycles. The van der Waals surface area contributed by atoms with Gasteiger partial charge in [0.05, 0.1) is 24.4 Å². The van der Waals surface area contributed by atoms with Crippen molar-refractivity contribution < 1.29 is 22.7 Å². The summed E-state index contributed by atoms with van der Waals surface area (Å²) < 4.78 is 46.0. The fourth-order valence-electron chi connectivity index (χ4n) is 5.32. The van der Waals surface area contributed by atoms with Crippen LogP contribution in [0, 0.1) is 25.7 Å². The molecule has 2 atom stereocenters. The van der Waals surface area contributed by atoms with Crippen molar-refractivity contribution in [1.29, 1.82) is 0 Å². The van der Waals surface area contributed by atoms with E-state index in [0.29, 0.717) is 31.8 Å². The Balaban J connectivity index is 1.67. The van der Waals surface area contributed by atoms with Gasteiger partial charge in [-0.25, -0.2) is 14.3 Å². The maximum Gasteiger partial charge on any atom is 0.409 e. The predicted molar refractivity (Wildman–Crippen MR) is 114 cm³/mol. The number of alkyl halides is 3. The van der Waals surface area contributed by atoms with E-state index in [1.54, 1.807) is 4.90 Å². The Morgan fingerprint density at radius 3 is 2.47 bits per heavy atom. The van der Waals surface area contributed by atoms with Gasteiger partial charge in [0.25, 0.3) is 0 Å². The van der Waals surface area contributed by atoms with Gasteiger partial charge < -0.3 is 9.64 Å². The van der Waals surface area contributed by atoms with Gasteiger partial charge in [0.1, 0.15) is 0 Å². The van der Waals surface area contributed by atoms with Gasteiger partial charge in [-0.2, -0.15) is 18.3 Å². The monoisotopic (exact) mass is 452 g/mol. The molecule has 0 bridgehead atoms. The van der Waals surface area contributed by atoms with E-state index < -0.39 is 12.1 Å². The second-order valence-corrected chi connectivity index (χ2v) is 9.43. The second kappa shape index (κ2) is 8.56. The van der Waals surface area contributed by atoms with Crippen molar-refractivity contribution in [3.05, 3.63) is 28.7 Å². The zero-order valence-electron chi connectivity index (χ0n) is 19.1. The first kappa shape index (κ1) is 22.9. The lowest BCUT2D eigenvalue weighted by Gasteiger charge is -2.37. The van der Waals surface area contributed by atoms with Gasteiger partial charge in [-0.1, -0.05) is 6.92 Å². The molecule has 3 heterocycles. The molecule has 2 aromatic rings. The fraction of sp³-hybridized carbons (Fsp3) is 0.696. The van der Waals surface area contributed by atoms with Crippen molar-refractivity contribution in [3.8, 4) is 0 Å². The van der Waals surface area contributed by atoms with Crippen LogP contribution in [0.25, 0.3) is 5.65 Å². The number of hydrogen-bond acceptors (Lipinski definition) is 4. The number of methoxy groups -OCH3 is 1. The number of amides is 1. The van der Waals surface area contributed by atoms with E-state index >= 15 is 0 Å². The molecule has 0 radical (unpaired) electrons. The number of aryl methyl sites for hydroxylation is 1. The van der Waals surface area contributed by atoms with Crippen LogP contribution in [0.5, 0.6) is 0 Å². The Morgan fingerprint density at radius 2 is 1.84 bits per heavy atom. The maximum absolute atomic E-state index is 13.1. The molecule has 1 amide bonds. The highest BCUT2D eigenvalue weighted by Crippen LogP contribution is 2.43. The van der Waals surface area contributed by atoms with E-state index in [1.807, 2.05) is 24.4 Å². The molecule has 0 aromatic carbocycles. The summed E-state index contributed by atoms with van der Waals surface area (Å²) in [7, 11) is 1.39. The van der Waals surface area contributed by atoms with Crippen LogP contribution in [0.15, 0.2) is 6.07 Å². The minimum atomic E-state index is -4.12. The number of likely N-dealkylation sites (tertiary alicyclic amines) is 1. The van der Waals surface area contributed by atoms with Crippen LogP contribution in [-0.4, -0.2) is 52.0 Å². The molecule has 6 nitrogen and oxygen atoms in total. The first-order chi connectivity index (χ1) is 15.1. The molecule has 2 fully saturated rings. The van der Waals surface area contributed by atoms with Gasteiger partial charge in [-0.3, -0.25) is 0 Å². The molecular weight excluding hydrogens is 421 g/mol. The van der Waals surface area contributed by atoms with Gasteiger partial charge in [0, 0.05) is 36.7 Å². The molecule has 1 saturated carbocycles. The van der Waals surface area contributed by atoms with Crippen molar-refractivity contribution in [2.75, 3.05) is 20.2 Å². The molecule has 0 spiro atoms. The van der Waals surface area contributed by atoms with Crippen LogP contribution < -0.4 is 0 Å². The number of halogens is 3. The summed E-state index contributed by atoms with van der Waals surface area (Å²) in [4.78, 5) is 18.6. The van der Waals surface area contributed by atoms with E-state index in [0.717, 1.165) is 34.7 Å². The van der Waals surface area contributed by atoms with Crippen LogP contribution in [0.4, 0.5) is 18.0 Å². The highest BCUT2D eigenvalue weighted by atomic mass is 19.4. The molecular formula is C23H31F3N4O2. The lowest BCUT2D eigenvalue weighted by atomic mass is 9.80. The standard InChI is InChI=1S/C23H31F3N4O2/c1-13-9-10-29(22(31)32-4)12-18(13)21-14(2)15(3)27-20-11-19(28-30(20)21)16-5-7-17(8-6-16)23(24,25)26/h11,13,16-18H,5-10,12H2,1-4H3. The number of ether oxygens (including phenoxy) is 1. The van der Waals surface area contributed by atoms with Crippen LogP contribution >= 0.6 is 0 Å². The van der Waals surface area contributed by atoms with Crippen LogP contribution in [0.2, 0.25) is 0 Å².